The van der Waals surface area contributed by atoms with E-state index in [2.05, 4.69) is 0 Å². The maximum Gasteiger partial charge on any atom is 0.320 e. The van der Waals surface area contributed by atoms with E-state index in [-0.39, 0.29) is 78.5 Å². The van der Waals surface area contributed by atoms with Crippen LogP contribution in [0.4, 0.5) is 0 Å². The van der Waals surface area contributed by atoms with Crippen molar-refractivity contribution in [3.05, 3.63) is 144 Å². The van der Waals surface area contributed by atoms with Crippen LogP contribution in [0.5, 0.6) is 0 Å². The van der Waals surface area contributed by atoms with Gasteiger partial charge in [-0.1, -0.05) is 121 Å². The largest absolute Gasteiger partial charge is 0.481 e. The quantitative estimate of drug-likeness (QED) is 0.0993. The van der Waals surface area contributed by atoms with E-state index in [4.69, 9.17) is 18.9 Å². The number of aliphatic carboxylic acids is 1. The molecular formula is C44H49N3O10. The predicted molar refractivity (Wildman–Crippen MR) is 209 cm³/mol. The number of carboxylic acids is 1. The standard InChI is InChI=1S/C44H49N3O10/c48-39(49)21-22-44(47(27-42(52)56-31-37-17-9-3-10-18-37)28-43(53)57-32-38-19-11-4-12-20-38)33-45(25-40(50)54-29-35-13-5-1-6-14-35)23-24-46(34-44)26-41(51)55-30-36-15-7-2-8-16-36/h1-20H,21-34H2,(H,48,49). The molecule has 4 aromatic rings. The van der Waals surface area contributed by atoms with Crippen molar-refractivity contribution >= 4 is 29.8 Å². The molecule has 1 fully saturated rings. The molecule has 300 valence electrons. The Morgan fingerprint density at radius 2 is 0.825 bits per heavy atom. The van der Waals surface area contributed by atoms with Crippen molar-refractivity contribution in [2.24, 2.45) is 0 Å². The van der Waals surface area contributed by atoms with E-state index in [1.807, 2.05) is 131 Å². The molecule has 1 N–H and O–H groups in total. The van der Waals surface area contributed by atoms with E-state index in [1.165, 1.54) is 0 Å². The van der Waals surface area contributed by atoms with Crippen molar-refractivity contribution in [2.75, 3.05) is 52.4 Å². The van der Waals surface area contributed by atoms with Crippen molar-refractivity contribution in [3.63, 3.8) is 0 Å². The molecule has 0 atom stereocenters. The fourth-order valence-corrected chi connectivity index (χ4v) is 6.65. The van der Waals surface area contributed by atoms with Crippen LogP contribution in [0, 0.1) is 0 Å². The maximum atomic E-state index is 13.6. The third kappa shape index (κ3) is 14.6. The summed E-state index contributed by atoms with van der Waals surface area (Å²) in [5.74, 6) is -3.44. The number of benzene rings is 4. The van der Waals surface area contributed by atoms with Gasteiger partial charge in [0.2, 0.25) is 0 Å². The number of carboxylic acid groups (broad SMARTS) is 1. The number of rotatable bonds is 20. The van der Waals surface area contributed by atoms with E-state index in [0.717, 1.165) is 22.3 Å². The zero-order valence-electron chi connectivity index (χ0n) is 31.9. The molecule has 4 aromatic carbocycles. The van der Waals surface area contributed by atoms with Crippen molar-refractivity contribution in [1.29, 1.82) is 0 Å². The Labute approximate surface area is 332 Å². The summed E-state index contributed by atoms with van der Waals surface area (Å²) in [5.41, 5.74) is 1.86. The van der Waals surface area contributed by atoms with Gasteiger partial charge in [0.1, 0.15) is 26.4 Å². The van der Waals surface area contributed by atoms with Crippen molar-refractivity contribution in [3.8, 4) is 0 Å². The summed E-state index contributed by atoms with van der Waals surface area (Å²) in [5, 5.41) is 10.00. The van der Waals surface area contributed by atoms with Crippen molar-refractivity contribution < 1.29 is 48.0 Å². The zero-order chi connectivity index (χ0) is 40.3. The Hall–Kier alpha value is -5.89. The molecule has 57 heavy (non-hydrogen) atoms. The summed E-state index contributed by atoms with van der Waals surface area (Å²) in [6.07, 6.45) is -0.390. The summed E-state index contributed by atoms with van der Waals surface area (Å²) < 4.78 is 22.6. The lowest BCUT2D eigenvalue weighted by Gasteiger charge is -2.45. The molecule has 1 saturated heterocycles. The van der Waals surface area contributed by atoms with Crippen LogP contribution in [0.3, 0.4) is 0 Å². The molecule has 0 bridgehead atoms. The Kier molecular flexibility index (Phi) is 16.3. The minimum Gasteiger partial charge on any atom is -0.481 e. The second-order valence-electron chi connectivity index (χ2n) is 14.0. The van der Waals surface area contributed by atoms with Crippen LogP contribution < -0.4 is 0 Å². The molecule has 1 heterocycles. The van der Waals surface area contributed by atoms with Gasteiger partial charge >= 0.3 is 29.8 Å². The third-order valence-electron chi connectivity index (χ3n) is 9.56. The van der Waals surface area contributed by atoms with Crippen LogP contribution in [-0.4, -0.2) is 108 Å². The fraction of sp³-hybridized carbons (Fsp3) is 0.341. The van der Waals surface area contributed by atoms with E-state index in [0.29, 0.717) is 0 Å². The Balaban J connectivity index is 1.43. The number of esters is 4. The van der Waals surface area contributed by atoms with Gasteiger partial charge < -0.3 is 24.1 Å². The second-order valence-corrected chi connectivity index (χ2v) is 14.0. The Morgan fingerprint density at radius 1 is 0.509 bits per heavy atom. The van der Waals surface area contributed by atoms with Gasteiger partial charge in [0.05, 0.1) is 26.2 Å². The molecule has 1 aliphatic heterocycles. The lowest BCUT2D eigenvalue weighted by atomic mass is 9.89. The molecule has 0 spiro atoms. The predicted octanol–water partition coefficient (Wildman–Crippen LogP) is 4.48. The Morgan fingerprint density at radius 3 is 1.14 bits per heavy atom. The van der Waals surface area contributed by atoms with Gasteiger partial charge in [-0.3, -0.25) is 38.7 Å². The molecule has 0 aromatic heterocycles. The number of hydrogen-bond donors (Lipinski definition) is 1. The van der Waals surface area contributed by atoms with Gasteiger partial charge in [-0.2, -0.15) is 0 Å². The van der Waals surface area contributed by atoms with Gasteiger partial charge in [-0.05, 0) is 28.7 Å². The monoisotopic (exact) mass is 779 g/mol. The minimum absolute atomic E-state index is 0.0210. The van der Waals surface area contributed by atoms with E-state index in [9.17, 15) is 29.1 Å². The minimum atomic E-state index is -1.29. The van der Waals surface area contributed by atoms with Gasteiger partial charge in [0, 0.05) is 38.1 Å². The molecule has 0 saturated carbocycles. The lowest BCUT2D eigenvalue weighted by molar-refractivity contribution is -0.156. The first-order valence-electron chi connectivity index (χ1n) is 18.9. The molecule has 13 nitrogen and oxygen atoms in total. The molecule has 0 aliphatic carbocycles. The van der Waals surface area contributed by atoms with Gasteiger partial charge in [0.15, 0.2) is 0 Å². The number of ether oxygens (including phenoxy) is 4. The summed E-state index contributed by atoms with van der Waals surface area (Å²) in [6, 6.07) is 36.7. The van der Waals surface area contributed by atoms with Gasteiger partial charge in [0.25, 0.3) is 0 Å². The number of carbonyl (C=O) groups is 5. The van der Waals surface area contributed by atoms with Gasteiger partial charge in [-0.25, -0.2) is 0 Å². The zero-order valence-corrected chi connectivity index (χ0v) is 31.9. The first-order valence-corrected chi connectivity index (χ1v) is 18.9. The SMILES string of the molecule is O=C(O)CCC1(N(CC(=O)OCc2ccccc2)CC(=O)OCc2ccccc2)CN(CC(=O)OCc2ccccc2)CCN(CC(=O)OCc2ccccc2)C1. The normalized spacial score (nSPS) is 14.3. The lowest BCUT2D eigenvalue weighted by Crippen LogP contribution is -2.62. The Bertz CT molecular complexity index is 1750. The highest BCUT2D eigenvalue weighted by molar-refractivity contribution is 5.76. The summed E-state index contributed by atoms with van der Waals surface area (Å²) in [7, 11) is 0. The van der Waals surface area contributed by atoms with Gasteiger partial charge in [-0.15, -0.1) is 0 Å². The highest BCUT2D eigenvalue weighted by Gasteiger charge is 2.44. The highest BCUT2D eigenvalue weighted by atomic mass is 16.5. The van der Waals surface area contributed by atoms with E-state index < -0.39 is 48.5 Å². The summed E-state index contributed by atoms with van der Waals surface area (Å²) >= 11 is 0. The van der Waals surface area contributed by atoms with Crippen LogP contribution in [0.15, 0.2) is 121 Å². The van der Waals surface area contributed by atoms with Crippen LogP contribution in [0.1, 0.15) is 35.1 Å². The van der Waals surface area contributed by atoms with Crippen LogP contribution in [0.2, 0.25) is 0 Å². The second kappa shape index (κ2) is 22.0. The summed E-state index contributed by atoms with van der Waals surface area (Å²) in [6.45, 7) is -0.415. The number of hydrogen-bond acceptors (Lipinski definition) is 12. The topological polar surface area (TPSA) is 152 Å². The number of nitrogens with zero attached hydrogens (tertiary/aromatic N) is 3. The summed E-state index contributed by atoms with van der Waals surface area (Å²) in [4.78, 5) is 71.3. The molecule has 1 aliphatic rings. The first kappa shape index (κ1) is 42.3. The molecule has 13 heteroatoms. The molecular weight excluding hydrogens is 730 g/mol. The smallest absolute Gasteiger partial charge is 0.320 e. The highest BCUT2D eigenvalue weighted by Crippen LogP contribution is 2.28. The average Bonchev–Trinajstić information content (AvgIpc) is 3.40. The fourth-order valence-electron chi connectivity index (χ4n) is 6.65. The van der Waals surface area contributed by atoms with Crippen LogP contribution in [0.25, 0.3) is 0 Å². The average molecular weight is 780 g/mol. The van der Waals surface area contributed by atoms with E-state index in [1.54, 1.807) is 4.90 Å². The maximum absolute atomic E-state index is 13.6. The van der Waals surface area contributed by atoms with Crippen LogP contribution >= 0.6 is 0 Å². The molecule has 0 amide bonds. The molecule has 0 unspecified atom stereocenters. The van der Waals surface area contributed by atoms with E-state index >= 15 is 0 Å². The van der Waals surface area contributed by atoms with Crippen LogP contribution in [-0.2, 0) is 69.3 Å². The molecule has 0 radical (unpaired) electrons. The first-order chi connectivity index (χ1) is 27.7. The molecule has 5 rings (SSSR count). The van der Waals surface area contributed by atoms with Crippen molar-refractivity contribution in [1.82, 2.24) is 14.7 Å². The van der Waals surface area contributed by atoms with Crippen molar-refractivity contribution in [2.45, 2.75) is 44.8 Å². The number of carbonyl (C=O) groups excluding carboxylic acids is 4. The third-order valence-corrected chi connectivity index (χ3v) is 9.56.